The highest BCUT2D eigenvalue weighted by atomic mass is 16.6. The normalized spacial score (nSPS) is 13.1. The lowest BCUT2D eigenvalue weighted by Crippen LogP contribution is -2.50. The van der Waals surface area contributed by atoms with Crippen molar-refractivity contribution in [1.82, 2.24) is 10.6 Å². The first-order valence-corrected chi connectivity index (χ1v) is 9.57. The second-order valence-corrected chi connectivity index (χ2v) is 7.83. The second kappa shape index (κ2) is 11.3. The molecule has 154 valence electrons. The summed E-state index contributed by atoms with van der Waals surface area (Å²) in [6.45, 7) is 10.5. The van der Waals surface area contributed by atoms with Gasteiger partial charge in [-0.1, -0.05) is 36.4 Å². The number of amides is 2. The monoisotopic (exact) mass is 388 g/mol. The third-order valence-electron chi connectivity index (χ3n) is 3.90. The summed E-state index contributed by atoms with van der Waals surface area (Å²) >= 11 is 0. The van der Waals surface area contributed by atoms with E-state index in [0.717, 1.165) is 5.56 Å². The molecule has 0 bridgehead atoms. The highest BCUT2D eigenvalue weighted by molar-refractivity contribution is 5.86. The van der Waals surface area contributed by atoms with Gasteiger partial charge in [0.15, 0.2) is 0 Å². The van der Waals surface area contributed by atoms with Crippen molar-refractivity contribution in [3.05, 3.63) is 48.6 Å². The maximum atomic E-state index is 12.5. The zero-order valence-corrected chi connectivity index (χ0v) is 17.3. The molecule has 1 aromatic carbocycles. The highest BCUT2D eigenvalue weighted by Crippen LogP contribution is 2.10. The Bertz CT molecular complexity index is 665. The number of carbonyl (C=O) groups excluding carboxylic acids is 3. The maximum absolute atomic E-state index is 12.5. The zero-order chi connectivity index (χ0) is 21.2. The van der Waals surface area contributed by atoms with Crippen LogP contribution >= 0.6 is 0 Å². The van der Waals surface area contributed by atoms with Crippen LogP contribution in [0, 0.1) is 0 Å². The fourth-order valence-electron chi connectivity index (χ4n) is 2.59. The summed E-state index contributed by atoms with van der Waals surface area (Å²) in [5.41, 5.74) is 0.380. The number of ether oxygens (including phenoxy) is 1. The zero-order valence-electron chi connectivity index (χ0n) is 17.3. The number of Topliss-reactive ketones (excluding diaryl/α,β-unsaturated/α-hetero) is 1. The number of nitrogens with one attached hydrogen (secondary N) is 2. The van der Waals surface area contributed by atoms with E-state index in [4.69, 9.17) is 4.74 Å². The molecule has 0 aliphatic heterocycles. The lowest BCUT2D eigenvalue weighted by Gasteiger charge is -2.24. The van der Waals surface area contributed by atoms with Crippen LogP contribution in [-0.4, -0.2) is 35.5 Å². The number of hydrogen-bond donors (Lipinski definition) is 2. The Morgan fingerprint density at radius 2 is 1.79 bits per heavy atom. The number of carbonyl (C=O) groups is 3. The van der Waals surface area contributed by atoms with Crippen LogP contribution < -0.4 is 10.6 Å². The minimum Gasteiger partial charge on any atom is -0.444 e. The van der Waals surface area contributed by atoms with Crippen molar-refractivity contribution in [2.24, 2.45) is 0 Å². The maximum Gasteiger partial charge on any atom is 0.408 e. The van der Waals surface area contributed by atoms with E-state index in [1.165, 1.54) is 0 Å². The minimum absolute atomic E-state index is 0.0638. The molecule has 0 spiro atoms. The third kappa shape index (κ3) is 9.90. The van der Waals surface area contributed by atoms with Crippen LogP contribution in [0.15, 0.2) is 43.0 Å². The Morgan fingerprint density at radius 3 is 2.36 bits per heavy atom. The van der Waals surface area contributed by atoms with Crippen LogP contribution in [0.3, 0.4) is 0 Å². The number of rotatable bonds is 10. The van der Waals surface area contributed by atoms with Gasteiger partial charge in [0, 0.05) is 18.9 Å². The smallest absolute Gasteiger partial charge is 0.408 e. The molecule has 6 heteroatoms. The van der Waals surface area contributed by atoms with Crippen LogP contribution in [0.1, 0.15) is 52.5 Å². The first kappa shape index (κ1) is 23.4. The van der Waals surface area contributed by atoms with Gasteiger partial charge < -0.3 is 15.4 Å². The lowest BCUT2D eigenvalue weighted by molar-refractivity contribution is -0.124. The quantitative estimate of drug-likeness (QED) is 0.600. The fraction of sp³-hybridized carbons (Fsp3) is 0.500. The van der Waals surface area contributed by atoms with Gasteiger partial charge in [0.25, 0.3) is 0 Å². The molecule has 28 heavy (non-hydrogen) atoms. The average molecular weight is 389 g/mol. The Kier molecular flexibility index (Phi) is 9.42. The van der Waals surface area contributed by atoms with E-state index in [2.05, 4.69) is 17.2 Å². The average Bonchev–Trinajstić information content (AvgIpc) is 2.58. The van der Waals surface area contributed by atoms with Crippen LogP contribution in [0.4, 0.5) is 4.79 Å². The van der Waals surface area contributed by atoms with Gasteiger partial charge in [0.2, 0.25) is 5.91 Å². The van der Waals surface area contributed by atoms with Crippen molar-refractivity contribution < 1.29 is 19.1 Å². The first-order valence-electron chi connectivity index (χ1n) is 9.57. The summed E-state index contributed by atoms with van der Waals surface area (Å²) in [6.07, 6.45) is 2.82. The summed E-state index contributed by atoms with van der Waals surface area (Å²) in [6, 6.07) is 8.53. The van der Waals surface area contributed by atoms with Crippen molar-refractivity contribution in [3.63, 3.8) is 0 Å². The Hall–Kier alpha value is -2.63. The van der Waals surface area contributed by atoms with Crippen LogP contribution in [0.25, 0.3) is 0 Å². The Morgan fingerprint density at radius 1 is 1.14 bits per heavy atom. The number of alkyl carbamates (subject to hydrolysis) is 1. The number of ketones is 1. The van der Waals surface area contributed by atoms with Crippen LogP contribution in [0.5, 0.6) is 0 Å². The molecule has 0 saturated carbocycles. The van der Waals surface area contributed by atoms with Crippen molar-refractivity contribution in [3.8, 4) is 0 Å². The molecule has 1 aromatic rings. The highest BCUT2D eigenvalue weighted by Gasteiger charge is 2.24. The largest absolute Gasteiger partial charge is 0.444 e. The fourth-order valence-corrected chi connectivity index (χ4v) is 2.59. The Labute approximate surface area is 167 Å². The van der Waals surface area contributed by atoms with Gasteiger partial charge in [-0.3, -0.25) is 9.59 Å². The molecule has 0 aliphatic rings. The molecule has 0 fully saturated rings. The minimum atomic E-state index is -0.781. The summed E-state index contributed by atoms with van der Waals surface area (Å²) in [5, 5.41) is 5.41. The lowest BCUT2D eigenvalue weighted by atomic mass is 9.99. The van der Waals surface area contributed by atoms with E-state index in [9.17, 15) is 14.4 Å². The SMILES string of the molecule is C=CCCC(=O)C[C@H](Cc1ccccc1)NC(=O)[C@H](C)NC(=O)OC(C)(C)C. The number of benzene rings is 1. The van der Waals surface area contributed by atoms with Gasteiger partial charge in [0.05, 0.1) is 0 Å². The molecule has 2 N–H and O–H groups in total. The van der Waals surface area contributed by atoms with Crippen molar-refractivity contribution in [2.75, 3.05) is 0 Å². The van der Waals surface area contributed by atoms with E-state index < -0.39 is 17.7 Å². The van der Waals surface area contributed by atoms with Gasteiger partial charge in [-0.2, -0.15) is 0 Å². The Balaban J connectivity index is 2.71. The van der Waals surface area contributed by atoms with E-state index in [-0.39, 0.29) is 24.2 Å². The van der Waals surface area contributed by atoms with E-state index in [1.54, 1.807) is 33.8 Å². The van der Waals surface area contributed by atoms with Gasteiger partial charge in [-0.05, 0) is 46.1 Å². The first-order chi connectivity index (χ1) is 13.1. The molecule has 0 unspecified atom stereocenters. The molecule has 0 aromatic heterocycles. The topological polar surface area (TPSA) is 84.5 Å². The number of allylic oxidation sites excluding steroid dienone is 1. The summed E-state index contributed by atoms with van der Waals surface area (Å²) in [5.74, 6) is -0.294. The molecule has 0 saturated heterocycles. The standard InChI is InChI=1S/C22H32N2O4/c1-6-7-13-19(25)15-18(14-17-11-9-8-10-12-17)24-20(26)16(2)23-21(27)28-22(3,4)5/h6,8-12,16,18H,1,7,13-15H2,2-5H3,(H,23,27)(H,24,26)/t16-,18-/m0/s1. The van der Waals surface area contributed by atoms with Crippen LogP contribution in [0.2, 0.25) is 0 Å². The van der Waals surface area contributed by atoms with E-state index >= 15 is 0 Å². The van der Waals surface area contributed by atoms with Gasteiger partial charge in [0.1, 0.15) is 17.4 Å². The molecule has 6 nitrogen and oxygen atoms in total. The van der Waals surface area contributed by atoms with E-state index in [0.29, 0.717) is 19.3 Å². The van der Waals surface area contributed by atoms with Crippen molar-refractivity contribution in [1.29, 1.82) is 0 Å². The third-order valence-corrected chi connectivity index (χ3v) is 3.90. The van der Waals surface area contributed by atoms with Gasteiger partial charge in [-0.25, -0.2) is 4.79 Å². The summed E-state index contributed by atoms with van der Waals surface area (Å²) in [4.78, 5) is 36.6. The molecular formula is C22H32N2O4. The number of hydrogen-bond acceptors (Lipinski definition) is 4. The summed E-state index contributed by atoms with van der Waals surface area (Å²) in [7, 11) is 0. The van der Waals surface area contributed by atoms with Crippen LogP contribution in [-0.2, 0) is 20.7 Å². The predicted molar refractivity (Wildman–Crippen MR) is 110 cm³/mol. The molecule has 0 heterocycles. The molecule has 2 atom stereocenters. The second-order valence-electron chi connectivity index (χ2n) is 7.83. The predicted octanol–water partition coefficient (Wildman–Crippen LogP) is 3.55. The van der Waals surface area contributed by atoms with E-state index in [1.807, 2.05) is 30.3 Å². The molecule has 2 amide bonds. The molecular weight excluding hydrogens is 356 g/mol. The van der Waals surface area contributed by atoms with Crippen molar-refractivity contribution >= 4 is 17.8 Å². The molecule has 0 radical (unpaired) electrons. The van der Waals surface area contributed by atoms with Gasteiger partial charge >= 0.3 is 6.09 Å². The van der Waals surface area contributed by atoms with Gasteiger partial charge in [-0.15, -0.1) is 6.58 Å². The molecule has 0 aliphatic carbocycles. The van der Waals surface area contributed by atoms with Crippen molar-refractivity contribution in [2.45, 2.75) is 71.1 Å². The molecule has 1 rings (SSSR count). The summed E-state index contributed by atoms with van der Waals surface area (Å²) < 4.78 is 5.17.